The van der Waals surface area contributed by atoms with Crippen LogP contribution in [0.15, 0.2) is 24.3 Å². The maximum Gasteiger partial charge on any atom is 0.188 e. The van der Waals surface area contributed by atoms with Crippen LogP contribution >= 0.6 is 0 Å². The first-order valence-electron chi connectivity index (χ1n) is 4.05. The molecule has 1 aromatic carbocycles. The van der Waals surface area contributed by atoms with Crippen molar-refractivity contribution in [2.45, 2.75) is 6.54 Å². The Labute approximate surface area is 79.3 Å². The topological polar surface area (TPSA) is 69.6 Å². The zero-order chi connectivity index (χ0) is 9.97. The Kier molecular flexibility index (Phi) is 2.19. The Balaban J connectivity index is 2.44. The van der Waals surface area contributed by atoms with Gasteiger partial charge in [0.15, 0.2) is 11.6 Å². The molecule has 0 fully saturated rings. The summed E-state index contributed by atoms with van der Waals surface area (Å²) in [6.45, 7) is 0.189. The second-order valence-corrected chi connectivity index (χ2v) is 2.65. The second-order valence-electron chi connectivity index (χ2n) is 2.65. The van der Waals surface area contributed by atoms with Crippen LogP contribution in [0.25, 0.3) is 5.69 Å². The predicted octanol–water partition coefficient (Wildman–Crippen LogP) is 0.260. The van der Waals surface area contributed by atoms with Crippen LogP contribution in [0, 0.1) is 5.82 Å². The van der Waals surface area contributed by atoms with Crippen LogP contribution in [0.3, 0.4) is 0 Å². The first-order chi connectivity index (χ1) is 6.81. The molecule has 0 atom stereocenters. The molecule has 0 aliphatic heterocycles. The summed E-state index contributed by atoms with van der Waals surface area (Å²) in [5, 5.41) is 11.2. The number of tetrazole rings is 1. The molecule has 2 aromatic rings. The molecule has 2 rings (SSSR count). The van der Waals surface area contributed by atoms with Crippen molar-refractivity contribution < 1.29 is 4.39 Å². The van der Waals surface area contributed by atoms with E-state index in [1.54, 1.807) is 18.2 Å². The van der Waals surface area contributed by atoms with E-state index in [1.807, 2.05) is 0 Å². The zero-order valence-corrected chi connectivity index (χ0v) is 7.26. The lowest BCUT2D eigenvalue weighted by molar-refractivity contribution is 0.591. The van der Waals surface area contributed by atoms with Gasteiger partial charge in [0.25, 0.3) is 0 Å². The number of aromatic nitrogens is 4. The lowest BCUT2D eigenvalue weighted by Crippen LogP contribution is -2.03. The van der Waals surface area contributed by atoms with E-state index in [0.29, 0.717) is 5.82 Å². The number of rotatable bonds is 2. The van der Waals surface area contributed by atoms with Gasteiger partial charge in [-0.1, -0.05) is 12.1 Å². The van der Waals surface area contributed by atoms with Gasteiger partial charge in [-0.25, -0.2) is 4.39 Å². The number of halogens is 1. The molecule has 2 N–H and O–H groups in total. The Morgan fingerprint density at radius 1 is 1.36 bits per heavy atom. The lowest BCUT2D eigenvalue weighted by Gasteiger charge is -1.98. The zero-order valence-electron chi connectivity index (χ0n) is 7.26. The summed E-state index contributed by atoms with van der Waals surface area (Å²) in [6.07, 6.45) is 0. The minimum atomic E-state index is -0.395. The van der Waals surface area contributed by atoms with Gasteiger partial charge in [0.2, 0.25) is 0 Å². The molecule has 0 saturated heterocycles. The lowest BCUT2D eigenvalue weighted by atomic mass is 10.3. The smallest absolute Gasteiger partial charge is 0.188 e. The first-order valence-corrected chi connectivity index (χ1v) is 4.05. The molecule has 0 bridgehead atoms. The number of hydrogen-bond acceptors (Lipinski definition) is 4. The SMILES string of the molecule is NCc1nnn(-c2ccccc2F)n1. The first kappa shape index (κ1) is 8.76. The van der Waals surface area contributed by atoms with E-state index in [9.17, 15) is 4.39 Å². The minimum Gasteiger partial charge on any atom is -0.324 e. The van der Waals surface area contributed by atoms with E-state index in [0.717, 1.165) is 4.80 Å². The van der Waals surface area contributed by atoms with Crippen LogP contribution in [0.1, 0.15) is 5.82 Å². The molecule has 0 saturated carbocycles. The van der Waals surface area contributed by atoms with Gasteiger partial charge in [-0.15, -0.1) is 15.0 Å². The molecular formula is C8H8FN5. The van der Waals surface area contributed by atoms with Gasteiger partial charge in [0.05, 0.1) is 6.54 Å². The van der Waals surface area contributed by atoms with Gasteiger partial charge in [-0.05, 0) is 17.3 Å². The van der Waals surface area contributed by atoms with E-state index in [1.165, 1.54) is 6.07 Å². The van der Waals surface area contributed by atoms with Gasteiger partial charge in [-0.2, -0.15) is 0 Å². The van der Waals surface area contributed by atoms with Gasteiger partial charge >= 0.3 is 0 Å². The molecule has 14 heavy (non-hydrogen) atoms. The number of benzene rings is 1. The van der Waals surface area contributed by atoms with E-state index < -0.39 is 5.82 Å². The van der Waals surface area contributed by atoms with E-state index in [4.69, 9.17) is 5.73 Å². The normalized spacial score (nSPS) is 10.4. The molecule has 0 amide bonds. The molecule has 6 heteroatoms. The molecule has 0 aliphatic carbocycles. The Morgan fingerprint density at radius 3 is 2.79 bits per heavy atom. The molecule has 0 aliphatic rings. The molecule has 0 unspecified atom stereocenters. The number of hydrogen-bond donors (Lipinski definition) is 1. The quantitative estimate of drug-likeness (QED) is 0.742. The average molecular weight is 193 g/mol. The highest BCUT2D eigenvalue weighted by molar-refractivity contribution is 5.30. The molecule has 0 radical (unpaired) electrons. The highest BCUT2D eigenvalue weighted by atomic mass is 19.1. The summed E-state index contributed by atoms with van der Waals surface area (Å²) in [5.74, 6) is -0.0123. The molecular weight excluding hydrogens is 185 g/mol. The fourth-order valence-electron chi connectivity index (χ4n) is 1.04. The van der Waals surface area contributed by atoms with Crippen molar-refractivity contribution in [2.75, 3.05) is 0 Å². The Hall–Kier alpha value is -1.82. The Bertz CT molecular complexity index is 439. The molecule has 0 spiro atoms. The minimum absolute atomic E-state index is 0.189. The number of nitrogens with zero attached hydrogens (tertiary/aromatic N) is 4. The van der Waals surface area contributed by atoms with Gasteiger partial charge in [0, 0.05) is 0 Å². The molecule has 72 valence electrons. The highest BCUT2D eigenvalue weighted by Crippen LogP contribution is 2.09. The van der Waals surface area contributed by atoms with Crippen LogP contribution in [0.2, 0.25) is 0 Å². The highest BCUT2D eigenvalue weighted by Gasteiger charge is 2.06. The van der Waals surface area contributed by atoms with E-state index in [2.05, 4.69) is 15.4 Å². The maximum absolute atomic E-state index is 13.2. The van der Waals surface area contributed by atoms with Crippen LogP contribution in [-0.4, -0.2) is 20.2 Å². The third-order valence-corrected chi connectivity index (χ3v) is 1.71. The third kappa shape index (κ3) is 1.47. The van der Waals surface area contributed by atoms with E-state index >= 15 is 0 Å². The van der Waals surface area contributed by atoms with Crippen molar-refractivity contribution in [3.63, 3.8) is 0 Å². The van der Waals surface area contributed by atoms with Crippen molar-refractivity contribution in [2.24, 2.45) is 5.73 Å². The fourth-order valence-corrected chi connectivity index (χ4v) is 1.04. The summed E-state index contributed by atoms with van der Waals surface area (Å²) < 4.78 is 13.2. The van der Waals surface area contributed by atoms with Gasteiger partial charge in [-0.3, -0.25) is 0 Å². The van der Waals surface area contributed by atoms with Crippen molar-refractivity contribution in [3.8, 4) is 5.69 Å². The average Bonchev–Trinajstić information content (AvgIpc) is 2.67. The van der Waals surface area contributed by atoms with Crippen LogP contribution < -0.4 is 5.73 Å². The van der Waals surface area contributed by atoms with Crippen molar-refractivity contribution in [1.82, 2.24) is 20.2 Å². The van der Waals surface area contributed by atoms with E-state index in [-0.39, 0.29) is 12.2 Å². The van der Waals surface area contributed by atoms with Gasteiger partial charge in [0.1, 0.15) is 5.69 Å². The largest absolute Gasteiger partial charge is 0.324 e. The standard InChI is InChI=1S/C8H8FN5/c9-6-3-1-2-4-7(6)14-12-8(5-10)11-13-14/h1-4H,5,10H2. The van der Waals surface area contributed by atoms with Crippen molar-refractivity contribution >= 4 is 0 Å². The fraction of sp³-hybridized carbons (Fsp3) is 0.125. The number of nitrogens with two attached hydrogens (primary N) is 1. The van der Waals surface area contributed by atoms with Crippen molar-refractivity contribution in [1.29, 1.82) is 0 Å². The molecule has 1 heterocycles. The number of para-hydroxylation sites is 1. The summed E-state index contributed by atoms with van der Waals surface area (Å²) in [5.41, 5.74) is 5.57. The summed E-state index contributed by atoms with van der Waals surface area (Å²) >= 11 is 0. The molecule has 1 aromatic heterocycles. The summed E-state index contributed by atoms with van der Waals surface area (Å²) in [4.78, 5) is 1.12. The maximum atomic E-state index is 13.2. The third-order valence-electron chi connectivity index (χ3n) is 1.71. The summed E-state index contributed by atoms with van der Waals surface area (Å²) in [6, 6.07) is 6.20. The van der Waals surface area contributed by atoms with Crippen LogP contribution in [-0.2, 0) is 6.54 Å². The van der Waals surface area contributed by atoms with Gasteiger partial charge < -0.3 is 5.73 Å². The Morgan fingerprint density at radius 2 is 2.14 bits per heavy atom. The summed E-state index contributed by atoms with van der Waals surface area (Å²) in [7, 11) is 0. The second kappa shape index (κ2) is 3.51. The van der Waals surface area contributed by atoms with Crippen LogP contribution in [0.4, 0.5) is 4.39 Å². The predicted molar refractivity (Wildman–Crippen MR) is 47.0 cm³/mol. The molecule has 5 nitrogen and oxygen atoms in total. The van der Waals surface area contributed by atoms with Crippen LogP contribution in [0.5, 0.6) is 0 Å². The monoisotopic (exact) mass is 193 g/mol. The van der Waals surface area contributed by atoms with Crippen molar-refractivity contribution in [3.05, 3.63) is 35.9 Å².